The average Bonchev–Trinajstić information content (AvgIpc) is 2.63. The lowest BCUT2D eigenvalue weighted by Gasteiger charge is -2.14. The van der Waals surface area contributed by atoms with Gasteiger partial charge < -0.3 is 4.90 Å². The van der Waals surface area contributed by atoms with E-state index in [4.69, 9.17) is 0 Å². The van der Waals surface area contributed by atoms with Crippen LogP contribution in [0.1, 0.15) is 48.7 Å². The molecule has 2 rings (SSSR count). The molecule has 1 aromatic rings. The Morgan fingerprint density at radius 1 is 1.38 bits per heavy atom. The molecule has 0 bridgehead atoms. The van der Waals surface area contributed by atoms with E-state index in [1.165, 1.54) is 19.3 Å². The van der Waals surface area contributed by atoms with Crippen LogP contribution in [0.3, 0.4) is 0 Å². The zero-order valence-electron chi connectivity index (χ0n) is 9.78. The molecule has 3 nitrogen and oxygen atoms in total. The Bertz CT molecular complexity index is 376. The second kappa shape index (κ2) is 5.10. The van der Waals surface area contributed by atoms with Crippen LogP contribution in [0.2, 0.25) is 0 Å². The van der Waals surface area contributed by atoms with Crippen LogP contribution >= 0.6 is 0 Å². The molecule has 16 heavy (non-hydrogen) atoms. The third-order valence-corrected chi connectivity index (χ3v) is 3.03. The van der Waals surface area contributed by atoms with Gasteiger partial charge in [0.1, 0.15) is 0 Å². The van der Waals surface area contributed by atoms with Gasteiger partial charge in [0.15, 0.2) is 0 Å². The molecule has 0 aromatic carbocycles. The van der Waals surface area contributed by atoms with Crippen LogP contribution in [0.15, 0.2) is 18.3 Å². The molecule has 1 aromatic heterocycles. The topological polar surface area (TPSA) is 33.2 Å². The fourth-order valence-electron chi connectivity index (χ4n) is 2.09. The van der Waals surface area contributed by atoms with Crippen molar-refractivity contribution in [3.63, 3.8) is 0 Å². The van der Waals surface area contributed by atoms with Gasteiger partial charge in [0.25, 0.3) is 5.91 Å². The maximum absolute atomic E-state index is 11.9. The summed E-state index contributed by atoms with van der Waals surface area (Å²) in [4.78, 5) is 18.1. The summed E-state index contributed by atoms with van der Waals surface area (Å²) < 4.78 is 0. The van der Waals surface area contributed by atoms with E-state index in [2.05, 4.69) is 11.9 Å². The van der Waals surface area contributed by atoms with Crippen molar-refractivity contribution in [3.05, 3.63) is 29.6 Å². The molecule has 0 fully saturated rings. The summed E-state index contributed by atoms with van der Waals surface area (Å²) in [5, 5.41) is 0. The molecule has 86 valence electrons. The van der Waals surface area contributed by atoms with Gasteiger partial charge in [-0.05, 0) is 18.6 Å². The fraction of sp³-hybridized carbons (Fsp3) is 0.538. The highest BCUT2D eigenvalue weighted by molar-refractivity contribution is 5.97. The lowest BCUT2D eigenvalue weighted by molar-refractivity contribution is 0.0775. The molecule has 0 radical (unpaired) electrons. The van der Waals surface area contributed by atoms with E-state index >= 15 is 0 Å². The maximum atomic E-state index is 11.9. The van der Waals surface area contributed by atoms with Gasteiger partial charge >= 0.3 is 0 Å². The predicted molar refractivity (Wildman–Crippen MR) is 63.1 cm³/mol. The first-order valence-corrected chi connectivity index (χ1v) is 6.06. The molecule has 0 saturated heterocycles. The first kappa shape index (κ1) is 11.1. The van der Waals surface area contributed by atoms with Crippen LogP contribution in [0.25, 0.3) is 0 Å². The Hall–Kier alpha value is -1.38. The number of amides is 1. The molecule has 0 unspecified atom stereocenters. The summed E-state index contributed by atoms with van der Waals surface area (Å²) in [7, 11) is 0. The van der Waals surface area contributed by atoms with E-state index in [9.17, 15) is 4.79 Å². The quantitative estimate of drug-likeness (QED) is 0.712. The van der Waals surface area contributed by atoms with Gasteiger partial charge in [0.05, 0.1) is 17.8 Å². The summed E-state index contributed by atoms with van der Waals surface area (Å²) >= 11 is 0. The Labute approximate surface area is 96.5 Å². The van der Waals surface area contributed by atoms with Gasteiger partial charge in [-0.3, -0.25) is 9.78 Å². The van der Waals surface area contributed by atoms with Crippen molar-refractivity contribution in [2.45, 2.75) is 39.2 Å². The second-order valence-corrected chi connectivity index (χ2v) is 4.29. The molecule has 1 aliphatic heterocycles. The summed E-state index contributed by atoms with van der Waals surface area (Å²) in [5.74, 6) is 0.152. The van der Waals surface area contributed by atoms with Crippen LogP contribution in [-0.4, -0.2) is 22.3 Å². The Balaban J connectivity index is 1.89. The van der Waals surface area contributed by atoms with Crippen LogP contribution in [0, 0.1) is 0 Å². The van der Waals surface area contributed by atoms with Gasteiger partial charge in [-0.25, -0.2) is 0 Å². The van der Waals surface area contributed by atoms with Crippen molar-refractivity contribution in [1.82, 2.24) is 9.88 Å². The summed E-state index contributed by atoms with van der Waals surface area (Å²) in [5.41, 5.74) is 1.72. The molecular formula is C13H18N2O. The van der Waals surface area contributed by atoms with Gasteiger partial charge in [0, 0.05) is 12.7 Å². The third-order valence-electron chi connectivity index (χ3n) is 3.03. The van der Waals surface area contributed by atoms with E-state index in [0.717, 1.165) is 24.2 Å². The smallest absolute Gasteiger partial charge is 0.256 e. The van der Waals surface area contributed by atoms with Crippen LogP contribution in [0.4, 0.5) is 0 Å². The van der Waals surface area contributed by atoms with Crippen molar-refractivity contribution in [1.29, 1.82) is 0 Å². The van der Waals surface area contributed by atoms with Crippen molar-refractivity contribution < 1.29 is 4.79 Å². The Morgan fingerprint density at radius 3 is 3.00 bits per heavy atom. The summed E-state index contributed by atoms with van der Waals surface area (Å²) in [6, 6.07) is 3.70. The monoisotopic (exact) mass is 218 g/mol. The molecule has 3 heteroatoms. The highest BCUT2D eigenvalue weighted by Gasteiger charge is 2.27. The minimum Gasteiger partial charge on any atom is -0.333 e. The fourth-order valence-corrected chi connectivity index (χ4v) is 2.09. The lowest BCUT2D eigenvalue weighted by atomic mass is 10.2. The number of nitrogens with zero attached hydrogens (tertiary/aromatic N) is 2. The normalized spacial score (nSPS) is 14.3. The third kappa shape index (κ3) is 2.23. The molecule has 0 atom stereocenters. The molecule has 0 saturated carbocycles. The molecule has 1 aliphatic rings. The van der Waals surface area contributed by atoms with Gasteiger partial charge in [-0.1, -0.05) is 26.2 Å². The van der Waals surface area contributed by atoms with Crippen LogP contribution in [0.5, 0.6) is 0 Å². The highest BCUT2D eigenvalue weighted by Crippen LogP contribution is 2.20. The highest BCUT2D eigenvalue weighted by atomic mass is 16.2. The van der Waals surface area contributed by atoms with E-state index in [1.54, 1.807) is 6.20 Å². The van der Waals surface area contributed by atoms with Gasteiger partial charge in [0.2, 0.25) is 0 Å². The zero-order chi connectivity index (χ0) is 11.4. The second-order valence-electron chi connectivity index (χ2n) is 4.29. The number of unbranched alkanes of at least 4 members (excludes halogenated alkanes) is 3. The standard InChI is InChI=1S/C13H18N2O/c1-2-3-4-5-9-15-10-12-11(13(15)16)7-6-8-14-12/h6-8H,2-5,9-10H2,1H3. The molecule has 0 aliphatic carbocycles. The van der Waals surface area contributed by atoms with E-state index in [0.29, 0.717) is 6.54 Å². The number of fused-ring (bicyclic) bond motifs is 1. The number of hydrogen-bond donors (Lipinski definition) is 0. The van der Waals surface area contributed by atoms with Crippen molar-refractivity contribution in [3.8, 4) is 0 Å². The molecule has 2 heterocycles. The molecular weight excluding hydrogens is 200 g/mol. The lowest BCUT2D eigenvalue weighted by Crippen LogP contribution is -2.24. The Kier molecular flexibility index (Phi) is 3.54. The number of pyridine rings is 1. The van der Waals surface area contributed by atoms with Gasteiger partial charge in [-0.2, -0.15) is 0 Å². The summed E-state index contributed by atoms with van der Waals surface area (Å²) in [6.07, 6.45) is 6.56. The van der Waals surface area contributed by atoms with Crippen molar-refractivity contribution in [2.24, 2.45) is 0 Å². The van der Waals surface area contributed by atoms with Crippen LogP contribution < -0.4 is 0 Å². The number of carbonyl (C=O) groups excluding carboxylic acids is 1. The molecule has 0 N–H and O–H groups in total. The zero-order valence-corrected chi connectivity index (χ0v) is 9.78. The predicted octanol–water partition coefficient (Wildman–Crippen LogP) is 2.62. The van der Waals surface area contributed by atoms with Gasteiger partial charge in [-0.15, -0.1) is 0 Å². The number of rotatable bonds is 5. The SMILES string of the molecule is CCCCCCN1Cc2ncccc2C1=O. The molecule has 0 spiro atoms. The molecule has 1 amide bonds. The van der Waals surface area contributed by atoms with Crippen molar-refractivity contribution >= 4 is 5.91 Å². The largest absolute Gasteiger partial charge is 0.333 e. The first-order chi connectivity index (χ1) is 7.83. The Morgan fingerprint density at radius 2 is 2.25 bits per heavy atom. The van der Waals surface area contributed by atoms with Crippen LogP contribution in [-0.2, 0) is 6.54 Å². The number of hydrogen-bond acceptors (Lipinski definition) is 2. The minimum atomic E-state index is 0.152. The maximum Gasteiger partial charge on any atom is 0.256 e. The van der Waals surface area contributed by atoms with E-state index < -0.39 is 0 Å². The summed E-state index contributed by atoms with van der Waals surface area (Å²) in [6.45, 7) is 3.76. The number of carbonyl (C=O) groups is 1. The minimum absolute atomic E-state index is 0.152. The van der Waals surface area contributed by atoms with E-state index in [1.807, 2.05) is 17.0 Å². The average molecular weight is 218 g/mol. The number of aromatic nitrogens is 1. The van der Waals surface area contributed by atoms with E-state index in [-0.39, 0.29) is 5.91 Å². The van der Waals surface area contributed by atoms with Crippen molar-refractivity contribution in [2.75, 3.05) is 6.54 Å². The first-order valence-electron chi connectivity index (χ1n) is 6.06.